The Morgan fingerprint density at radius 1 is 0.897 bits per heavy atom. The van der Waals surface area contributed by atoms with Gasteiger partial charge in [-0.05, 0) is 35.4 Å². The zero-order valence-corrected chi connectivity index (χ0v) is 16.4. The molecule has 0 saturated carbocycles. The Morgan fingerprint density at radius 3 is 2.48 bits per heavy atom. The molecule has 0 aliphatic heterocycles. The van der Waals surface area contributed by atoms with Gasteiger partial charge in [-0.1, -0.05) is 60.7 Å². The molecule has 0 aliphatic rings. The van der Waals surface area contributed by atoms with Crippen LogP contribution in [0.4, 0.5) is 0 Å². The van der Waals surface area contributed by atoms with Crippen LogP contribution in [0, 0.1) is 0 Å². The standard InChI is InChI=1S/C25H23NO3/c1-26(25(27)16-23-15-21-11-5-6-13-24(21)29-23)17-20-10-7-12-22(14-20)28-18-19-8-3-2-4-9-19/h2-15H,16-18H2,1H3. The summed E-state index contributed by atoms with van der Waals surface area (Å²) in [5.74, 6) is 1.49. The van der Waals surface area contributed by atoms with E-state index in [1.165, 1.54) is 0 Å². The van der Waals surface area contributed by atoms with Crippen LogP contribution in [0.3, 0.4) is 0 Å². The third-order valence-corrected chi connectivity index (χ3v) is 4.79. The quantitative estimate of drug-likeness (QED) is 0.438. The number of hydrogen-bond acceptors (Lipinski definition) is 3. The lowest BCUT2D eigenvalue weighted by Crippen LogP contribution is -2.27. The minimum Gasteiger partial charge on any atom is -0.489 e. The molecule has 0 atom stereocenters. The maximum Gasteiger partial charge on any atom is 0.230 e. The topological polar surface area (TPSA) is 42.7 Å². The lowest BCUT2D eigenvalue weighted by molar-refractivity contribution is -0.129. The molecule has 0 unspecified atom stereocenters. The fourth-order valence-corrected chi connectivity index (χ4v) is 3.24. The van der Waals surface area contributed by atoms with Gasteiger partial charge < -0.3 is 14.1 Å². The van der Waals surface area contributed by atoms with Gasteiger partial charge in [-0.15, -0.1) is 0 Å². The van der Waals surface area contributed by atoms with Crippen LogP contribution in [0.15, 0.2) is 89.3 Å². The number of hydrogen-bond donors (Lipinski definition) is 0. The molecule has 4 nitrogen and oxygen atoms in total. The summed E-state index contributed by atoms with van der Waals surface area (Å²) < 4.78 is 11.7. The predicted octanol–water partition coefficient (Wildman–Crippen LogP) is 5.21. The number of rotatable bonds is 7. The van der Waals surface area contributed by atoms with E-state index in [1.54, 1.807) is 4.90 Å². The number of carbonyl (C=O) groups excluding carboxylic acids is 1. The number of para-hydroxylation sites is 1. The predicted molar refractivity (Wildman–Crippen MR) is 114 cm³/mol. The van der Waals surface area contributed by atoms with E-state index in [9.17, 15) is 4.79 Å². The molecule has 146 valence electrons. The second-order valence-electron chi connectivity index (χ2n) is 7.10. The minimum atomic E-state index is 0.0136. The number of benzene rings is 3. The van der Waals surface area contributed by atoms with Crippen molar-refractivity contribution in [1.82, 2.24) is 4.90 Å². The molecule has 29 heavy (non-hydrogen) atoms. The molecule has 1 aromatic heterocycles. The van der Waals surface area contributed by atoms with E-state index >= 15 is 0 Å². The van der Waals surface area contributed by atoms with Crippen LogP contribution in [0.25, 0.3) is 11.0 Å². The van der Waals surface area contributed by atoms with Crippen LogP contribution in [-0.4, -0.2) is 17.9 Å². The normalized spacial score (nSPS) is 10.8. The van der Waals surface area contributed by atoms with Crippen LogP contribution in [0.1, 0.15) is 16.9 Å². The van der Waals surface area contributed by atoms with Crippen LogP contribution < -0.4 is 4.74 Å². The van der Waals surface area contributed by atoms with Gasteiger partial charge in [0, 0.05) is 19.0 Å². The van der Waals surface area contributed by atoms with Gasteiger partial charge in [0.2, 0.25) is 5.91 Å². The van der Waals surface area contributed by atoms with Gasteiger partial charge in [-0.25, -0.2) is 0 Å². The monoisotopic (exact) mass is 385 g/mol. The van der Waals surface area contributed by atoms with Gasteiger partial charge >= 0.3 is 0 Å². The number of fused-ring (bicyclic) bond motifs is 1. The average molecular weight is 385 g/mol. The Balaban J connectivity index is 1.36. The summed E-state index contributed by atoms with van der Waals surface area (Å²) in [6.45, 7) is 1.03. The SMILES string of the molecule is CN(Cc1cccc(OCc2ccccc2)c1)C(=O)Cc1cc2ccccc2o1. The zero-order chi connectivity index (χ0) is 20.1. The number of likely N-dealkylation sites (N-methyl/N-ethyl adjacent to an activating group) is 1. The molecule has 4 rings (SSSR count). The highest BCUT2D eigenvalue weighted by atomic mass is 16.5. The molecular formula is C25H23NO3. The molecule has 4 aromatic rings. The highest BCUT2D eigenvalue weighted by molar-refractivity contribution is 5.82. The Labute approximate surface area is 170 Å². The van der Waals surface area contributed by atoms with E-state index in [0.717, 1.165) is 27.8 Å². The van der Waals surface area contributed by atoms with Gasteiger partial charge in [-0.3, -0.25) is 4.79 Å². The van der Waals surface area contributed by atoms with Crippen LogP contribution in [0.5, 0.6) is 5.75 Å². The van der Waals surface area contributed by atoms with E-state index in [0.29, 0.717) is 18.9 Å². The lowest BCUT2D eigenvalue weighted by Gasteiger charge is -2.17. The van der Waals surface area contributed by atoms with Gasteiger partial charge in [0.1, 0.15) is 23.7 Å². The fraction of sp³-hybridized carbons (Fsp3) is 0.160. The molecule has 1 heterocycles. The summed E-state index contributed by atoms with van der Waals surface area (Å²) in [6, 6.07) is 27.6. The lowest BCUT2D eigenvalue weighted by atomic mass is 10.2. The number of furan rings is 1. The molecule has 4 heteroatoms. The van der Waals surface area contributed by atoms with E-state index in [4.69, 9.17) is 9.15 Å². The highest BCUT2D eigenvalue weighted by Gasteiger charge is 2.14. The molecule has 0 radical (unpaired) electrons. The minimum absolute atomic E-state index is 0.0136. The second-order valence-corrected chi connectivity index (χ2v) is 7.10. The van der Waals surface area contributed by atoms with Crippen molar-refractivity contribution in [3.8, 4) is 5.75 Å². The van der Waals surface area contributed by atoms with Crippen molar-refractivity contribution in [2.24, 2.45) is 0 Å². The maximum atomic E-state index is 12.6. The summed E-state index contributed by atoms with van der Waals surface area (Å²) in [4.78, 5) is 14.3. The van der Waals surface area contributed by atoms with Gasteiger partial charge in [0.15, 0.2) is 0 Å². The average Bonchev–Trinajstić information content (AvgIpc) is 3.15. The molecule has 0 saturated heterocycles. The summed E-state index contributed by atoms with van der Waals surface area (Å²) in [7, 11) is 1.81. The molecule has 3 aromatic carbocycles. The Kier molecular flexibility index (Phi) is 5.61. The summed E-state index contributed by atoms with van der Waals surface area (Å²) in [6.07, 6.45) is 0.245. The first-order chi connectivity index (χ1) is 14.2. The van der Waals surface area contributed by atoms with Gasteiger partial charge in [0.05, 0.1) is 6.42 Å². The van der Waals surface area contributed by atoms with Crippen molar-refractivity contribution in [3.63, 3.8) is 0 Å². The molecular weight excluding hydrogens is 362 g/mol. The van der Waals surface area contributed by atoms with Crippen molar-refractivity contribution in [1.29, 1.82) is 0 Å². The number of nitrogens with zero attached hydrogens (tertiary/aromatic N) is 1. The molecule has 0 fully saturated rings. The molecule has 0 N–H and O–H groups in total. The third kappa shape index (κ3) is 4.85. The van der Waals surface area contributed by atoms with Crippen LogP contribution in [-0.2, 0) is 24.4 Å². The largest absolute Gasteiger partial charge is 0.489 e. The fourth-order valence-electron chi connectivity index (χ4n) is 3.24. The summed E-state index contributed by atoms with van der Waals surface area (Å²) in [5, 5.41) is 1.02. The van der Waals surface area contributed by atoms with Gasteiger partial charge in [-0.2, -0.15) is 0 Å². The Hall–Kier alpha value is -3.53. The van der Waals surface area contributed by atoms with Crippen LogP contribution in [0.2, 0.25) is 0 Å². The van der Waals surface area contributed by atoms with Crippen molar-refractivity contribution >= 4 is 16.9 Å². The van der Waals surface area contributed by atoms with Crippen molar-refractivity contribution in [2.75, 3.05) is 7.05 Å². The maximum absolute atomic E-state index is 12.6. The molecule has 0 aliphatic carbocycles. The molecule has 0 spiro atoms. The van der Waals surface area contributed by atoms with E-state index in [-0.39, 0.29) is 12.3 Å². The van der Waals surface area contributed by atoms with Crippen molar-refractivity contribution in [2.45, 2.75) is 19.6 Å². The van der Waals surface area contributed by atoms with E-state index in [2.05, 4.69) is 0 Å². The summed E-state index contributed by atoms with van der Waals surface area (Å²) >= 11 is 0. The second kappa shape index (κ2) is 8.65. The Bertz CT molecular complexity index is 1070. The van der Waals surface area contributed by atoms with Crippen molar-refractivity contribution in [3.05, 3.63) is 102 Å². The Morgan fingerprint density at radius 2 is 1.66 bits per heavy atom. The first-order valence-corrected chi connectivity index (χ1v) is 9.64. The number of ether oxygens (including phenoxy) is 1. The highest BCUT2D eigenvalue weighted by Crippen LogP contribution is 2.20. The van der Waals surface area contributed by atoms with E-state index < -0.39 is 0 Å². The first kappa shape index (κ1) is 18.8. The van der Waals surface area contributed by atoms with Crippen LogP contribution >= 0.6 is 0 Å². The third-order valence-electron chi connectivity index (χ3n) is 4.79. The summed E-state index contributed by atoms with van der Waals surface area (Å²) in [5.41, 5.74) is 2.95. The molecule has 0 bridgehead atoms. The zero-order valence-electron chi connectivity index (χ0n) is 16.4. The van der Waals surface area contributed by atoms with E-state index in [1.807, 2.05) is 92.0 Å². The number of carbonyl (C=O) groups is 1. The number of amides is 1. The molecule has 1 amide bonds. The van der Waals surface area contributed by atoms with Gasteiger partial charge in [0.25, 0.3) is 0 Å². The smallest absolute Gasteiger partial charge is 0.230 e. The van der Waals surface area contributed by atoms with Crippen molar-refractivity contribution < 1.29 is 13.9 Å². The first-order valence-electron chi connectivity index (χ1n) is 9.64.